The van der Waals surface area contributed by atoms with Crippen molar-refractivity contribution < 1.29 is 4.79 Å². The standard InChI is InChI=1S/C14H13N3OS2/c1-8(2)17-13(18)11(20-14(17)19)6-9-7-16-10-4-3-5-15-12(9)10/h3-8,16H,1-2H3/b11-6-. The summed E-state index contributed by atoms with van der Waals surface area (Å²) < 4.78 is 0.615. The summed E-state index contributed by atoms with van der Waals surface area (Å²) in [6, 6.07) is 3.91. The summed E-state index contributed by atoms with van der Waals surface area (Å²) in [5, 5.41) is 0. The molecule has 0 atom stereocenters. The molecule has 1 aliphatic heterocycles. The van der Waals surface area contributed by atoms with Crippen molar-refractivity contribution in [2.45, 2.75) is 19.9 Å². The SMILES string of the molecule is CC(C)N1C(=O)/C(=C/c2c[nH]c3cccnc23)SC1=S. The summed E-state index contributed by atoms with van der Waals surface area (Å²) in [5.74, 6) is -0.0275. The highest BCUT2D eigenvalue weighted by atomic mass is 32.2. The highest BCUT2D eigenvalue weighted by Gasteiger charge is 2.33. The number of fused-ring (bicyclic) bond motifs is 1. The van der Waals surface area contributed by atoms with E-state index in [1.54, 1.807) is 11.1 Å². The number of carbonyl (C=O) groups excluding carboxylic acids is 1. The van der Waals surface area contributed by atoms with Gasteiger partial charge in [0.25, 0.3) is 5.91 Å². The predicted molar refractivity (Wildman–Crippen MR) is 86.2 cm³/mol. The fourth-order valence-corrected chi connectivity index (χ4v) is 3.67. The lowest BCUT2D eigenvalue weighted by molar-refractivity contribution is -0.123. The first kappa shape index (κ1) is 13.3. The molecule has 3 rings (SSSR count). The molecule has 1 aliphatic rings. The topological polar surface area (TPSA) is 49.0 Å². The first-order valence-electron chi connectivity index (χ1n) is 6.27. The number of hydrogen-bond donors (Lipinski definition) is 1. The molecule has 0 aromatic carbocycles. The van der Waals surface area contributed by atoms with Crippen molar-refractivity contribution in [2.24, 2.45) is 0 Å². The molecule has 0 aliphatic carbocycles. The number of aromatic amines is 1. The van der Waals surface area contributed by atoms with Crippen LogP contribution in [-0.4, -0.2) is 31.1 Å². The minimum absolute atomic E-state index is 0.0275. The van der Waals surface area contributed by atoms with Gasteiger partial charge in [-0.25, -0.2) is 0 Å². The summed E-state index contributed by atoms with van der Waals surface area (Å²) in [6.07, 6.45) is 5.46. The van der Waals surface area contributed by atoms with Crippen LogP contribution in [0.4, 0.5) is 0 Å². The Hall–Kier alpha value is -1.66. The van der Waals surface area contributed by atoms with Gasteiger partial charge in [-0.2, -0.15) is 0 Å². The van der Waals surface area contributed by atoms with Crippen LogP contribution in [0.3, 0.4) is 0 Å². The van der Waals surface area contributed by atoms with Crippen LogP contribution in [0.15, 0.2) is 29.4 Å². The van der Waals surface area contributed by atoms with E-state index in [1.807, 2.05) is 38.3 Å². The van der Waals surface area contributed by atoms with Gasteiger partial charge in [0.05, 0.1) is 15.9 Å². The fourth-order valence-electron chi connectivity index (χ4n) is 2.15. The van der Waals surface area contributed by atoms with Gasteiger partial charge in [0.2, 0.25) is 0 Å². The maximum Gasteiger partial charge on any atom is 0.266 e. The molecule has 0 radical (unpaired) electrons. The molecule has 0 spiro atoms. The van der Waals surface area contributed by atoms with Crippen LogP contribution < -0.4 is 0 Å². The number of nitrogens with zero attached hydrogens (tertiary/aromatic N) is 2. The average Bonchev–Trinajstić information content (AvgIpc) is 2.93. The Bertz CT molecular complexity index is 733. The number of H-pyrrole nitrogens is 1. The molecular weight excluding hydrogens is 290 g/mol. The monoisotopic (exact) mass is 303 g/mol. The van der Waals surface area contributed by atoms with Crippen molar-refractivity contribution in [1.29, 1.82) is 0 Å². The molecule has 20 heavy (non-hydrogen) atoms. The molecular formula is C14H13N3OS2. The number of pyridine rings is 1. The number of amides is 1. The van der Waals surface area contributed by atoms with Crippen molar-refractivity contribution >= 4 is 51.3 Å². The molecule has 3 heterocycles. The second-order valence-electron chi connectivity index (χ2n) is 4.79. The summed E-state index contributed by atoms with van der Waals surface area (Å²) in [4.78, 5) is 22.1. The Labute approximate surface area is 126 Å². The smallest absolute Gasteiger partial charge is 0.266 e. The third-order valence-corrected chi connectivity index (χ3v) is 4.42. The zero-order chi connectivity index (χ0) is 14.3. The first-order chi connectivity index (χ1) is 9.58. The summed E-state index contributed by atoms with van der Waals surface area (Å²) in [6.45, 7) is 3.92. The molecule has 0 bridgehead atoms. The molecule has 1 amide bonds. The number of thiocarbonyl (C=S) groups is 1. The third kappa shape index (κ3) is 2.14. The third-order valence-electron chi connectivity index (χ3n) is 3.09. The summed E-state index contributed by atoms with van der Waals surface area (Å²) >= 11 is 6.61. The molecule has 6 heteroatoms. The van der Waals surface area contributed by atoms with Gasteiger partial charge in [0.1, 0.15) is 4.32 Å². The number of thioether (sulfide) groups is 1. The highest BCUT2D eigenvalue weighted by molar-refractivity contribution is 8.26. The van der Waals surface area contributed by atoms with Gasteiger partial charge in [-0.3, -0.25) is 14.7 Å². The number of aromatic nitrogens is 2. The second kappa shape index (κ2) is 5.03. The molecule has 0 unspecified atom stereocenters. The molecule has 102 valence electrons. The summed E-state index contributed by atoms with van der Waals surface area (Å²) in [7, 11) is 0. The average molecular weight is 303 g/mol. The van der Waals surface area contributed by atoms with E-state index in [0.29, 0.717) is 9.23 Å². The Morgan fingerprint density at radius 2 is 2.30 bits per heavy atom. The molecule has 1 N–H and O–H groups in total. The van der Waals surface area contributed by atoms with E-state index < -0.39 is 0 Å². The molecule has 1 saturated heterocycles. The number of rotatable bonds is 2. The van der Waals surface area contributed by atoms with E-state index in [9.17, 15) is 4.79 Å². The van der Waals surface area contributed by atoms with Gasteiger partial charge >= 0.3 is 0 Å². The maximum absolute atomic E-state index is 12.3. The Balaban J connectivity index is 2.01. The largest absolute Gasteiger partial charge is 0.359 e. The van der Waals surface area contributed by atoms with E-state index in [2.05, 4.69) is 9.97 Å². The van der Waals surface area contributed by atoms with E-state index in [4.69, 9.17) is 12.2 Å². The summed E-state index contributed by atoms with van der Waals surface area (Å²) in [5.41, 5.74) is 2.73. The maximum atomic E-state index is 12.3. The number of nitrogens with one attached hydrogen (secondary N) is 1. The molecule has 1 fully saturated rings. The Kier molecular flexibility index (Phi) is 3.35. The van der Waals surface area contributed by atoms with E-state index in [1.165, 1.54) is 11.8 Å². The van der Waals surface area contributed by atoms with Crippen LogP contribution >= 0.6 is 24.0 Å². The van der Waals surface area contributed by atoms with Crippen LogP contribution in [0, 0.1) is 0 Å². The first-order valence-corrected chi connectivity index (χ1v) is 7.49. The van der Waals surface area contributed by atoms with E-state index in [0.717, 1.165) is 16.6 Å². The normalized spacial score (nSPS) is 17.9. The van der Waals surface area contributed by atoms with Crippen molar-refractivity contribution in [2.75, 3.05) is 0 Å². The molecule has 2 aromatic rings. The van der Waals surface area contributed by atoms with Crippen LogP contribution in [0.25, 0.3) is 17.1 Å². The zero-order valence-electron chi connectivity index (χ0n) is 11.1. The lowest BCUT2D eigenvalue weighted by Gasteiger charge is -2.18. The minimum atomic E-state index is -0.0275. The van der Waals surface area contributed by atoms with Crippen LogP contribution in [0.2, 0.25) is 0 Å². The van der Waals surface area contributed by atoms with Crippen molar-refractivity contribution in [3.05, 3.63) is 35.0 Å². The van der Waals surface area contributed by atoms with E-state index in [-0.39, 0.29) is 11.9 Å². The Morgan fingerprint density at radius 1 is 1.50 bits per heavy atom. The van der Waals surface area contributed by atoms with E-state index >= 15 is 0 Å². The van der Waals surface area contributed by atoms with Crippen LogP contribution in [0.5, 0.6) is 0 Å². The lowest BCUT2D eigenvalue weighted by atomic mass is 10.2. The minimum Gasteiger partial charge on any atom is -0.359 e. The van der Waals surface area contributed by atoms with Crippen molar-refractivity contribution in [3.8, 4) is 0 Å². The van der Waals surface area contributed by atoms with Crippen molar-refractivity contribution in [3.63, 3.8) is 0 Å². The zero-order valence-corrected chi connectivity index (χ0v) is 12.7. The van der Waals surface area contributed by atoms with Gasteiger partial charge in [-0.1, -0.05) is 24.0 Å². The van der Waals surface area contributed by atoms with Gasteiger partial charge < -0.3 is 4.98 Å². The fraction of sp³-hybridized carbons (Fsp3) is 0.214. The molecule has 2 aromatic heterocycles. The molecule has 0 saturated carbocycles. The second-order valence-corrected chi connectivity index (χ2v) is 6.46. The quantitative estimate of drug-likeness (QED) is 0.684. The number of hydrogen-bond acceptors (Lipinski definition) is 4. The predicted octanol–water partition coefficient (Wildman–Crippen LogP) is 3.17. The van der Waals surface area contributed by atoms with Gasteiger partial charge in [-0.05, 0) is 32.1 Å². The highest BCUT2D eigenvalue weighted by Crippen LogP contribution is 2.34. The van der Waals surface area contributed by atoms with Gasteiger partial charge in [0.15, 0.2) is 0 Å². The van der Waals surface area contributed by atoms with Crippen LogP contribution in [0.1, 0.15) is 19.4 Å². The van der Waals surface area contributed by atoms with Crippen molar-refractivity contribution in [1.82, 2.24) is 14.9 Å². The molecule has 4 nitrogen and oxygen atoms in total. The lowest BCUT2D eigenvalue weighted by Crippen LogP contribution is -2.34. The van der Waals surface area contributed by atoms with Gasteiger partial charge in [-0.15, -0.1) is 0 Å². The number of carbonyl (C=O) groups is 1. The van der Waals surface area contributed by atoms with Gasteiger partial charge in [0, 0.05) is 24.0 Å². The van der Waals surface area contributed by atoms with Crippen LogP contribution in [-0.2, 0) is 4.79 Å². The Morgan fingerprint density at radius 3 is 3.00 bits per heavy atom.